The molecule has 1 atom stereocenters. The van der Waals surface area contributed by atoms with E-state index in [1.165, 1.54) is 12.1 Å². The molecule has 1 aromatic carbocycles. The predicted octanol–water partition coefficient (Wildman–Crippen LogP) is 1.91. The quantitative estimate of drug-likeness (QED) is 0.513. The summed E-state index contributed by atoms with van der Waals surface area (Å²) in [5.74, 6) is -0.733. The van der Waals surface area contributed by atoms with Crippen LogP contribution in [0.2, 0.25) is 0 Å². The first kappa shape index (κ1) is 10.8. The number of rotatable bonds is 3. The summed E-state index contributed by atoms with van der Waals surface area (Å²) in [6, 6.07) is 2.05. The number of phenols is 1. The van der Waals surface area contributed by atoms with Crippen LogP contribution in [0.4, 0.5) is 10.1 Å². The highest BCUT2D eigenvalue weighted by molar-refractivity contribution is 5.57. The van der Waals surface area contributed by atoms with Gasteiger partial charge in [0.25, 0.3) is 0 Å². The van der Waals surface area contributed by atoms with Crippen LogP contribution in [0.5, 0.6) is 5.75 Å². The highest BCUT2D eigenvalue weighted by Crippen LogP contribution is 2.32. The van der Waals surface area contributed by atoms with Crippen LogP contribution in [0.1, 0.15) is 31.4 Å². The molecule has 0 aliphatic carbocycles. The lowest BCUT2D eigenvalue weighted by Gasteiger charge is -2.14. The van der Waals surface area contributed by atoms with Gasteiger partial charge in [-0.3, -0.25) is 0 Å². The molecule has 0 bridgehead atoms. The van der Waals surface area contributed by atoms with Gasteiger partial charge in [-0.25, -0.2) is 4.39 Å². The fourth-order valence-electron chi connectivity index (χ4n) is 1.41. The Hall–Kier alpha value is -1.29. The molecule has 0 amide bonds. The second kappa shape index (κ2) is 4.28. The lowest BCUT2D eigenvalue weighted by atomic mass is 10.0. The molecular weight excluding hydrogens is 183 g/mol. The van der Waals surface area contributed by atoms with Crippen molar-refractivity contribution in [3.63, 3.8) is 0 Å². The van der Waals surface area contributed by atoms with Crippen LogP contribution in [0.3, 0.4) is 0 Å². The van der Waals surface area contributed by atoms with Gasteiger partial charge in [0.15, 0.2) is 0 Å². The van der Waals surface area contributed by atoms with Crippen molar-refractivity contribution in [2.45, 2.75) is 25.8 Å². The Labute approximate surface area is 82.5 Å². The lowest BCUT2D eigenvalue weighted by Crippen LogP contribution is -2.12. The average Bonchev–Trinajstić information content (AvgIpc) is 2.13. The van der Waals surface area contributed by atoms with E-state index in [1.54, 1.807) is 0 Å². The molecular formula is C10H15FN2O. The van der Waals surface area contributed by atoms with E-state index < -0.39 is 11.9 Å². The molecule has 4 heteroatoms. The van der Waals surface area contributed by atoms with Crippen molar-refractivity contribution in [1.29, 1.82) is 0 Å². The smallest absolute Gasteiger partial charge is 0.146 e. The summed E-state index contributed by atoms with van der Waals surface area (Å²) in [6.07, 6.45) is 1.45. The zero-order valence-corrected chi connectivity index (χ0v) is 8.13. The summed E-state index contributed by atoms with van der Waals surface area (Å²) in [6.45, 7) is 1.95. The largest absolute Gasteiger partial charge is 0.505 e. The maximum absolute atomic E-state index is 13.3. The number of anilines is 1. The Balaban J connectivity index is 3.11. The molecule has 3 nitrogen and oxygen atoms in total. The van der Waals surface area contributed by atoms with Crippen LogP contribution < -0.4 is 11.5 Å². The number of nitrogen functional groups attached to an aromatic ring is 1. The molecule has 0 fully saturated rings. The van der Waals surface area contributed by atoms with E-state index in [4.69, 9.17) is 11.5 Å². The summed E-state index contributed by atoms with van der Waals surface area (Å²) in [4.78, 5) is 0. The number of benzene rings is 1. The van der Waals surface area contributed by atoms with E-state index in [-0.39, 0.29) is 17.0 Å². The Morgan fingerprint density at radius 1 is 1.50 bits per heavy atom. The predicted molar refractivity (Wildman–Crippen MR) is 54.3 cm³/mol. The second-order valence-corrected chi connectivity index (χ2v) is 3.29. The number of hydrogen-bond donors (Lipinski definition) is 3. The molecule has 1 rings (SSSR count). The Kier molecular flexibility index (Phi) is 3.30. The molecule has 0 spiro atoms. The van der Waals surface area contributed by atoms with Gasteiger partial charge in [0.1, 0.15) is 11.6 Å². The van der Waals surface area contributed by atoms with E-state index in [9.17, 15) is 9.50 Å². The molecule has 0 heterocycles. The van der Waals surface area contributed by atoms with Crippen molar-refractivity contribution in [3.8, 4) is 5.75 Å². The Bertz CT molecular complexity index is 328. The zero-order valence-electron chi connectivity index (χ0n) is 8.13. The number of nitrogens with two attached hydrogens (primary N) is 2. The Morgan fingerprint density at radius 2 is 2.14 bits per heavy atom. The summed E-state index contributed by atoms with van der Waals surface area (Å²) >= 11 is 0. The highest BCUT2D eigenvalue weighted by Gasteiger charge is 2.17. The fourth-order valence-corrected chi connectivity index (χ4v) is 1.41. The third-order valence-electron chi connectivity index (χ3n) is 2.17. The first-order chi connectivity index (χ1) is 6.57. The minimum Gasteiger partial charge on any atom is -0.505 e. The van der Waals surface area contributed by atoms with E-state index >= 15 is 0 Å². The molecule has 0 aromatic heterocycles. The molecule has 5 N–H and O–H groups in total. The molecule has 0 aliphatic heterocycles. The van der Waals surface area contributed by atoms with Crippen molar-refractivity contribution in [1.82, 2.24) is 0 Å². The summed E-state index contributed by atoms with van der Waals surface area (Å²) < 4.78 is 13.3. The fraction of sp³-hybridized carbons (Fsp3) is 0.400. The normalized spacial score (nSPS) is 12.8. The van der Waals surface area contributed by atoms with Crippen molar-refractivity contribution in [3.05, 3.63) is 23.5 Å². The van der Waals surface area contributed by atoms with Crippen molar-refractivity contribution >= 4 is 5.69 Å². The molecule has 0 aliphatic rings. The SMILES string of the molecule is CCC[C@H](N)c1c(F)ccc(N)c1O. The van der Waals surface area contributed by atoms with Gasteiger partial charge in [-0.2, -0.15) is 0 Å². The van der Waals surface area contributed by atoms with Crippen molar-refractivity contribution in [2.75, 3.05) is 5.73 Å². The first-order valence-corrected chi connectivity index (χ1v) is 4.60. The van der Waals surface area contributed by atoms with Crippen LogP contribution in [0, 0.1) is 5.82 Å². The summed E-state index contributed by atoms with van der Waals surface area (Å²) in [5.41, 5.74) is 11.4. The van der Waals surface area contributed by atoms with Gasteiger partial charge in [-0.15, -0.1) is 0 Å². The monoisotopic (exact) mass is 198 g/mol. The first-order valence-electron chi connectivity index (χ1n) is 4.60. The van der Waals surface area contributed by atoms with E-state index in [0.717, 1.165) is 6.42 Å². The molecule has 1 aromatic rings. The molecule has 0 saturated heterocycles. The summed E-state index contributed by atoms with van der Waals surface area (Å²) in [7, 11) is 0. The molecule has 0 unspecified atom stereocenters. The molecule has 0 radical (unpaired) electrons. The van der Waals surface area contributed by atoms with Gasteiger partial charge >= 0.3 is 0 Å². The van der Waals surface area contributed by atoms with Gasteiger partial charge in [0, 0.05) is 11.6 Å². The van der Waals surface area contributed by atoms with Crippen LogP contribution in [0.25, 0.3) is 0 Å². The van der Waals surface area contributed by atoms with Crippen LogP contribution in [0.15, 0.2) is 12.1 Å². The van der Waals surface area contributed by atoms with Crippen molar-refractivity contribution < 1.29 is 9.50 Å². The number of aromatic hydroxyl groups is 1. The third kappa shape index (κ3) is 1.96. The number of halogens is 1. The average molecular weight is 198 g/mol. The third-order valence-corrected chi connectivity index (χ3v) is 2.17. The minimum absolute atomic E-state index is 0.117. The molecule has 14 heavy (non-hydrogen) atoms. The van der Waals surface area contributed by atoms with Crippen LogP contribution in [-0.4, -0.2) is 5.11 Å². The van der Waals surface area contributed by atoms with Gasteiger partial charge < -0.3 is 16.6 Å². The van der Waals surface area contributed by atoms with Crippen LogP contribution in [-0.2, 0) is 0 Å². The number of phenolic OH excluding ortho intramolecular Hbond substituents is 1. The maximum Gasteiger partial charge on any atom is 0.146 e. The zero-order chi connectivity index (χ0) is 10.7. The van der Waals surface area contributed by atoms with Crippen LogP contribution >= 0.6 is 0 Å². The second-order valence-electron chi connectivity index (χ2n) is 3.29. The highest BCUT2D eigenvalue weighted by atomic mass is 19.1. The summed E-state index contributed by atoms with van der Waals surface area (Å²) in [5, 5.41) is 9.53. The van der Waals surface area contributed by atoms with Gasteiger partial charge in [-0.05, 0) is 18.6 Å². The minimum atomic E-state index is -0.502. The standard InChI is InChI=1S/C10H15FN2O/c1-2-3-7(12)9-6(11)4-5-8(13)10(9)14/h4-5,7,14H,2-3,12-13H2,1H3/t7-/m0/s1. The van der Waals surface area contributed by atoms with Gasteiger partial charge in [0.05, 0.1) is 5.69 Å². The topological polar surface area (TPSA) is 72.3 Å². The van der Waals surface area contributed by atoms with Gasteiger partial charge in [-0.1, -0.05) is 13.3 Å². The molecule has 78 valence electrons. The lowest BCUT2D eigenvalue weighted by molar-refractivity contribution is 0.447. The number of hydrogen-bond acceptors (Lipinski definition) is 3. The van der Waals surface area contributed by atoms with E-state index in [0.29, 0.717) is 6.42 Å². The van der Waals surface area contributed by atoms with E-state index in [1.807, 2.05) is 6.92 Å². The van der Waals surface area contributed by atoms with Gasteiger partial charge in [0.2, 0.25) is 0 Å². The maximum atomic E-state index is 13.3. The molecule has 0 saturated carbocycles. The van der Waals surface area contributed by atoms with E-state index in [2.05, 4.69) is 0 Å². The Morgan fingerprint density at radius 3 is 2.71 bits per heavy atom. The van der Waals surface area contributed by atoms with Crippen molar-refractivity contribution in [2.24, 2.45) is 5.73 Å².